The van der Waals surface area contributed by atoms with Crippen molar-refractivity contribution >= 4 is 36.5 Å². The van der Waals surface area contributed by atoms with Crippen LogP contribution in [0.4, 0.5) is 0 Å². The molecule has 1 aromatic heterocycles. The van der Waals surface area contributed by atoms with Crippen molar-refractivity contribution in [3.8, 4) is 17.6 Å². The van der Waals surface area contributed by atoms with E-state index in [1.807, 2.05) is 10.6 Å². The molecule has 0 saturated heterocycles. The minimum Gasteiger partial charge on any atom is -0.493 e. The van der Waals surface area contributed by atoms with Crippen LogP contribution in [0.2, 0.25) is 30.7 Å². The molecule has 0 amide bonds. The van der Waals surface area contributed by atoms with Gasteiger partial charge in [0.05, 0.1) is 24.0 Å². The van der Waals surface area contributed by atoms with Gasteiger partial charge in [0.2, 0.25) is 5.78 Å². The predicted octanol–water partition coefficient (Wildman–Crippen LogP) is 5.25. The first kappa shape index (κ1) is 22.1. The number of hydrogen-bond donors (Lipinski definition) is 0. The SMILES string of the molecule is COc1c(C#CC(=O)c2ccccc2)cc(Cl)c2ncn(COCC[Si](C)(C)C)c12. The van der Waals surface area contributed by atoms with Crippen LogP contribution in [-0.4, -0.2) is 37.1 Å². The number of carbonyl (C=O) groups is 1. The highest BCUT2D eigenvalue weighted by Crippen LogP contribution is 2.34. The lowest BCUT2D eigenvalue weighted by Crippen LogP contribution is -2.22. The van der Waals surface area contributed by atoms with E-state index in [1.54, 1.807) is 43.8 Å². The maximum Gasteiger partial charge on any atom is 0.236 e. The summed E-state index contributed by atoms with van der Waals surface area (Å²) in [6, 6.07) is 11.7. The molecule has 2 aromatic carbocycles. The fourth-order valence-electron chi connectivity index (χ4n) is 2.91. The number of carbonyl (C=O) groups excluding carboxylic acids is 1. The molecule has 0 radical (unpaired) electrons. The zero-order valence-electron chi connectivity index (χ0n) is 17.7. The maximum absolute atomic E-state index is 12.4. The fraction of sp³-hybridized carbons (Fsp3) is 0.304. The second kappa shape index (κ2) is 9.48. The number of benzene rings is 2. The number of hydrogen-bond acceptors (Lipinski definition) is 4. The third-order valence-electron chi connectivity index (χ3n) is 4.57. The van der Waals surface area contributed by atoms with E-state index in [0.717, 1.165) is 6.04 Å². The third-order valence-corrected chi connectivity index (χ3v) is 6.56. The average molecular weight is 441 g/mol. The Hall–Kier alpha value is -2.59. The summed E-state index contributed by atoms with van der Waals surface area (Å²) in [6.45, 7) is 7.97. The number of methoxy groups -OCH3 is 1. The number of rotatable bonds is 7. The molecular formula is C23H25ClN2O3Si. The molecule has 0 bridgehead atoms. The zero-order valence-corrected chi connectivity index (χ0v) is 19.4. The number of ether oxygens (including phenoxy) is 2. The van der Waals surface area contributed by atoms with Crippen LogP contribution in [0.5, 0.6) is 5.75 Å². The minimum absolute atomic E-state index is 0.267. The first-order valence-electron chi connectivity index (χ1n) is 9.70. The van der Waals surface area contributed by atoms with Gasteiger partial charge in [-0.1, -0.05) is 67.5 Å². The van der Waals surface area contributed by atoms with Gasteiger partial charge >= 0.3 is 0 Å². The molecule has 5 nitrogen and oxygen atoms in total. The maximum atomic E-state index is 12.4. The van der Waals surface area contributed by atoms with Gasteiger partial charge in [0, 0.05) is 20.2 Å². The van der Waals surface area contributed by atoms with Crippen molar-refractivity contribution in [3.63, 3.8) is 0 Å². The summed E-state index contributed by atoms with van der Waals surface area (Å²) in [5, 5.41) is 0.447. The van der Waals surface area contributed by atoms with Crippen molar-refractivity contribution in [2.24, 2.45) is 0 Å². The lowest BCUT2D eigenvalue weighted by molar-refractivity contribution is 0.0896. The topological polar surface area (TPSA) is 53.3 Å². The van der Waals surface area contributed by atoms with E-state index < -0.39 is 8.07 Å². The fourth-order valence-corrected chi connectivity index (χ4v) is 3.91. The number of nitrogens with zero attached hydrogens (tertiary/aromatic N) is 2. The van der Waals surface area contributed by atoms with Gasteiger partial charge in [-0.2, -0.15) is 0 Å². The molecular weight excluding hydrogens is 416 g/mol. The Bertz CT molecular complexity index is 1110. The zero-order chi connectivity index (χ0) is 21.7. The summed E-state index contributed by atoms with van der Waals surface area (Å²) in [5.74, 6) is 5.85. The van der Waals surface area contributed by atoms with Crippen LogP contribution >= 0.6 is 11.6 Å². The molecule has 0 aliphatic rings. The number of fused-ring (bicyclic) bond motifs is 1. The summed E-state index contributed by atoms with van der Waals surface area (Å²) in [7, 11) is 0.402. The smallest absolute Gasteiger partial charge is 0.236 e. The molecule has 0 saturated carbocycles. The normalized spacial score (nSPS) is 11.2. The van der Waals surface area contributed by atoms with E-state index in [2.05, 4.69) is 36.5 Å². The van der Waals surface area contributed by atoms with Crippen LogP contribution < -0.4 is 4.74 Å². The number of ketones is 1. The minimum atomic E-state index is -1.16. The Labute approximate surface area is 183 Å². The lowest BCUT2D eigenvalue weighted by Gasteiger charge is -2.16. The molecule has 3 aromatic rings. The van der Waals surface area contributed by atoms with Crippen LogP contribution in [0, 0.1) is 11.8 Å². The number of aromatic nitrogens is 2. The van der Waals surface area contributed by atoms with Crippen molar-refractivity contribution in [2.45, 2.75) is 32.4 Å². The van der Waals surface area contributed by atoms with Crippen molar-refractivity contribution in [1.82, 2.24) is 9.55 Å². The van der Waals surface area contributed by atoms with Gasteiger partial charge in [-0.15, -0.1) is 0 Å². The summed E-state index contributed by atoms with van der Waals surface area (Å²) < 4.78 is 13.4. The van der Waals surface area contributed by atoms with Crippen LogP contribution in [0.3, 0.4) is 0 Å². The molecule has 7 heteroatoms. The van der Waals surface area contributed by atoms with Crippen molar-refractivity contribution in [1.29, 1.82) is 0 Å². The van der Waals surface area contributed by atoms with Gasteiger partial charge in [0.25, 0.3) is 0 Å². The van der Waals surface area contributed by atoms with E-state index >= 15 is 0 Å². The summed E-state index contributed by atoms with van der Waals surface area (Å²) in [4.78, 5) is 16.8. The van der Waals surface area contributed by atoms with Gasteiger partial charge in [0.15, 0.2) is 5.75 Å². The van der Waals surface area contributed by atoms with E-state index in [4.69, 9.17) is 21.1 Å². The largest absolute Gasteiger partial charge is 0.493 e. The molecule has 0 unspecified atom stereocenters. The molecule has 0 atom stereocenters. The Morgan fingerprint density at radius 2 is 1.97 bits per heavy atom. The monoisotopic (exact) mass is 440 g/mol. The number of Topliss-reactive ketones (excluding diaryl/α,β-unsaturated/α-hetero) is 1. The molecule has 1 heterocycles. The highest BCUT2D eigenvalue weighted by Gasteiger charge is 2.17. The molecule has 0 spiro atoms. The highest BCUT2D eigenvalue weighted by molar-refractivity contribution is 6.76. The molecule has 0 aliphatic carbocycles. The molecule has 30 heavy (non-hydrogen) atoms. The molecule has 156 valence electrons. The molecule has 3 rings (SSSR count). The lowest BCUT2D eigenvalue weighted by atomic mass is 10.1. The number of halogens is 1. The Balaban J connectivity index is 1.91. The summed E-state index contributed by atoms with van der Waals surface area (Å²) in [6.07, 6.45) is 1.68. The molecule has 0 N–H and O–H groups in total. The average Bonchev–Trinajstić information content (AvgIpc) is 3.14. The Morgan fingerprint density at radius 3 is 2.63 bits per heavy atom. The standard InChI is InChI=1S/C23H25ClN2O3Si/c1-28-23-18(10-11-20(27)17-8-6-5-7-9-17)14-19(24)21-22(23)26(15-25-21)16-29-12-13-30(2,3)4/h5-9,14-15H,12-13,16H2,1-4H3. The second-order valence-electron chi connectivity index (χ2n) is 8.14. The second-order valence-corrected chi connectivity index (χ2v) is 14.2. The first-order chi connectivity index (χ1) is 14.3. The van der Waals surface area contributed by atoms with Gasteiger partial charge < -0.3 is 14.0 Å². The van der Waals surface area contributed by atoms with E-state index in [-0.39, 0.29) is 5.78 Å². The first-order valence-corrected chi connectivity index (χ1v) is 13.8. The van der Waals surface area contributed by atoms with Crippen LogP contribution in [0.15, 0.2) is 42.7 Å². The summed E-state index contributed by atoms with van der Waals surface area (Å²) in [5.41, 5.74) is 2.39. The Morgan fingerprint density at radius 1 is 1.23 bits per heavy atom. The third kappa shape index (κ3) is 5.31. The van der Waals surface area contributed by atoms with Gasteiger partial charge in [0.1, 0.15) is 17.8 Å². The summed E-state index contributed by atoms with van der Waals surface area (Å²) >= 11 is 6.44. The van der Waals surface area contributed by atoms with Crippen molar-refractivity contribution in [3.05, 3.63) is 58.9 Å². The quantitative estimate of drug-likeness (QED) is 0.218. The van der Waals surface area contributed by atoms with E-state index in [0.29, 0.717) is 46.3 Å². The highest BCUT2D eigenvalue weighted by atomic mass is 35.5. The van der Waals surface area contributed by atoms with Crippen LogP contribution in [-0.2, 0) is 11.5 Å². The van der Waals surface area contributed by atoms with Crippen molar-refractivity contribution < 1.29 is 14.3 Å². The predicted molar refractivity (Wildman–Crippen MR) is 123 cm³/mol. The van der Waals surface area contributed by atoms with Crippen molar-refractivity contribution in [2.75, 3.05) is 13.7 Å². The van der Waals surface area contributed by atoms with Gasteiger partial charge in [-0.3, -0.25) is 4.79 Å². The van der Waals surface area contributed by atoms with E-state index in [9.17, 15) is 4.79 Å². The van der Waals surface area contributed by atoms with Crippen LogP contribution in [0.1, 0.15) is 15.9 Å². The van der Waals surface area contributed by atoms with Crippen LogP contribution in [0.25, 0.3) is 11.0 Å². The number of imidazole rings is 1. The van der Waals surface area contributed by atoms with Gasteiger partial charge in [-0.05, 0) is 18.0 Å². The molecule has 0 fully saturated rings. The molecule has 0 aliphatic heterocycles. The Kier molecular flexibility index (Phi) is 6.98. The van der Waals surface area contributed by atoms with Gasteiger partial charge in [-0.25, -0.2) is 4.98 Å². The van der Waals surface area contributed by atoms with E-state index in [1.165, 1.54) is 0 Å².